The number of pyridine rings is 3. The number of rotatable bonds is 7. The highest BCUT2D eigenvalue weighted by molar-refractivity contribution is 7.92. The zero-order chi connectivity index (χ0) is 30.5. The second-order valence-electron chi connectivity index (χ2n) is 9.87. The zero-order valence-corrected chi connectivity index (χ0v) is 24.0. The molecule has 218 valence electrons. The second kappa shape index (κ2) is 10.5. The van der Waals surface area contributed by atoms with Crippen LogP contribution in [0.25, 0.3) is 38.9 Å². The minimum Gasteiger partial charge on any atom is -0.480 e. The van der Waals surface area contributed by atoms with E-state index in [1.165, 1.54) is 42.2 Å². The number of fused-ring (bicyclic) bond motifs is 2. The fraction of sp³-hybridized carbons (Fsp3) is 0.138. The lowest BCUT2D eigenvalue weighted by atomic mass is 9.96. The molecule has 3 N–H and O–H groups in total. The summed E-state index contributed by atoms with van der Waals surface area (Å²) in [5.74, 6) is -0.331. The molecule has 12 nitrogen and oxygen atoms in total. The first-order valence-electron chi connectivity index (χ1n) is 13.0. The van der Waals surface area contributed by atoms with Crippen LogP contribution in [0, 0.1) is 5.82 Å². The van der Waals surface area contributed by atoms with Crippen molar-refractivity contribution >= 4 is 38.1 Å². The zero-order valence-electron chi connectivity index (χ0n) is 23.2. The molecule has 0 saturated carbocycles. The van der Waals surface area contributed by atoms with Crippen molar-refractivity contribution in [1.29, 1.82) is 0 Å². The van der Waals surface area contributed by atoms with E-state index in [-0.39, 0.29) is 17.4 Å². The summed E-state index contributed by atoms with van der Waals surface area (Å²) in [6.45, 7) is 1.86. The standard InChI is InChI=1S/C29H25FN8O4S/c1-16(21-12-20-10-9-19(30)14-37(20)29(39)23(21)17-7-5-4-6-8-17)38-27-24(26(31)33-15-34-27)25(35-38)18-11-22(36-43(3,40)41)28(42-2)32-13-18/h4-16,36H,1-3H3,(H2,31,33,34). The average Bonchev–Trinajstić information content (AvgIpc) is 3.37. The molecule has 0 aliphatic carbocycles. The average molecular weight is 601 g/mol. The molecule has 14 heteroatoms. The van der Waals surface area contributed by atoms with Crippen molar-refractivity contribution in [2.75, 3.05) is 23.8 Å². The van der Waals surface area contributed by atoms with Crippen molar-refractivity contribution in [1.82, 2.24) is 29.1 Å². The third-order valence-corrected chi connectivity index (χ3v) is 7.57. The molecule has 43 heavy (non-hydrogen) atoms. The molecule has 6 aromatic rings. The summed E-state index contributed by atoms with van der Waals surface area (Å²) in [5, 5.41) is 5.27. The van der Waals surface area contributed by atoms with Gasteiger partial charge in [0.1, 0.15) is 29.3 Å². The lowest BCUT2D eigenvalue weighted by Gasteiger charge is -2.19. The van der Waals surface area contributed by atoms with Crippen LogP contribution in [0.15, 0.2) is 78.1 Å². The molecule has 0 spiro atoms. The largest absolute Gasteiger partial charge is 0.480 e. The van der Waals surface area contributed by atoms with E-state index in [9.17, 15) is 17.6 Å². The summed E-state index contributed by atoms with van der Waals surface area (Å²) in [6.07, 6.45) is 4.96. The number of hydrogen-bond donors (Lipinski definition) is 2. The van der Waals surface area contributed by atoms with Crippen LogP contribution in [0.3, 0.4) is 0 Å². The summed E-state index contributed by atoms with van der Waals surface area (Å²) in [5.41, 5.74) is 9.30. The lowest BCUT2D eigenvalue weighted by molar-refractivity contribution is 0.400. The molecule has 5 aromatic heterocycles. The van der Waals surface area contributed by atoms with Gasteiger partial charge in [0.2, 0.25) is 15.9 Å². The lowest BCUT2D eigenvalue weighted by Crippen LogP contribution is -2.21. The number of aromatic nitrogens is 6. The van der Waals surface area contributed by atoms with Crippen LogP contribution >= 0.6 is 0 Å². The summed E-state index contributed by atoms with van der Waals surface area (Å²) in [4.78, 5) is 26.7. The number of nitrogens with zero attached hydrogens (tertiary/aromatic N) is 6. The van der Waals surface area contributed by atoms with Crippen molar-refractivity contribution in [2.45, 2.75) is 13.0 Å². The first-order chi connectivity index (χ1) is 20.6. The molecule has 1 aromatic carbocycles. The van der Waals surface area contributed by atoms with E-state index in [1.54, 1.807) is 4.68 Å². The van der Waals surface area contributed by atoms with Gasteiger partial charge in [0, 0.05) is 23.5 Å². The van der Waals surface area contributed by atoms with Crippen LogP contribution in [0.4, 0.5) is 15.9 Å². The number of hydrogen-bond acceptors (Lipinski definition) is 9. The van der Waals surface area contributed by atoms with Crippen LogP contribution in [0.1, 0.15) is 18.5 Å². The van der Waals surface area contributed by atoms with Gasteiger partial charge in [0.15, 0.2) is 5.65 Å². The maximum absolute atomic E-state index is 14.2. The molecule has 0 bridgehead atoms. The van der Waals surface area contributed by atoms with E-state index >= 15 is 0 Å². The number of nitrogen functional groups attached to an aromatic ring is 1. The van der Waals surface area contributed by atoms with E-state index in [0.717, 1.165) is 12.5 Å². The first kappa shape index (κ1) is 27.8. The molecule has 0 fully saturated rings. The molecule has 0 aliphatic rings. The fourth-order valence-corrected chi connectivity index (χ4v) is 5.64. The smallest absolute Gasteiger partial charge is 0.263 e. The summed E-state index contributed by atoms with van der Waals surface area (Å²) in [6, 6.07) is 14.7. The number of anilines is 2. The third-order valence-electron chi connectivity index (χ3n) is 6.98. The van der Waals surface area contributed by atoms with Crippen LogP contribution in [0.2, 0.25) is 0 Å². The van der Waals surface area contributed by atoms with Gasteiger partial charge in [0.05, 0.1) is 30.4 Å². The fourth-order valence-electron chi connectivity index (χ4n) is 5.10. The summed E-state index contributed by atoms with van der Waals surface area (Å²) in [7, 11) is -2.29. The van der Waals surface area contributed by atoms with E-state index in [0.29, 0.717) is 44.5 Å². The number of ether oxygens (including phenoxy) is 1. The van der Waals surface area contributed by atoms with E-state index in [1.807, 2.05) is 43.3 Å². The Labute approximate surface area is 244 Å². The Morgan fingerprint density at radius 3 is 2.53 bits per heavy atom. The Morgan fingerprint density at radius 1 is 1.05 bits per heavy atom. The van der Waals surface area contributed by atoms with Gasteiger partial charge in [-0.1, -0.05) is 30.3 Å². The molecule has 1 atom stereocenters. The van der Waals surface area contributed by atoms with Crippen LogP contribution in [-0.2, 0) is 10.0 Å². The second-order valence-corrected chi connectivity index (χ2v) is 11.6. The van der Waals surface area contributed by atoms with Crippen molar-refractivity contribution in [3.8, 4) is 28.3 Å². The summed E-state index contributed by atoms with van der Waals surface area (Å²) >= 11 is 0. The van der Waals surface area contributed by atoms with Gasteiger partial charge in [-0.05, 0) is 42.3 Å². The molecule has 5 heterocycles. The molecule has 0 radical (unpaired) electrons. The SMILES string of the molecule is COc1ncc(-c2nn(C(C)c3cc4ccc(F)cn4c(=O)c3-c3ccccc3)c3ncnc(N)c23)cc1NS(C)(=O)=O. The van der Waals surface area contributed by atoms with Gasteiger partial charge in [-0.3, -0.25) is 13.9 Å². The third kappa shape index (κ3) is 5.01. The van der Waals surface area contributed by atoms with Gasteiger partial charge in [-0.2, -0.15) is 5.10 Å². The highest BCUT2D eigenvalue weighted by Crippen LogP contribution is 2.37. The predicted octanol–water partition coefficient (Wildman–Crippen LogP) is 3.88. The number of benzene rings is 1. The number of methoxy groups -OCH3 is 1. The van der Waals surface area contributed by atoms with E-state index < -0.39 is 27.4 Å². The molecule has 6 rings (SSSR count). The predicted molar refractivity (Wildman–Crippen MR) is 161 cm³/mol. The van der Waals surface area contributed by atoms with E-state index in [2.05, 4.69) is 19.7 Å². The van der Waals surface area contributed by atoms with Gasteiger partial charge in [-0.25, -0.2) is 32.4 Å². The minimum absolute atomic E-state index is 0.0658. The topological polar surface area (TPSA) is 159 Å². The molecule has 0 saturated heterocycles. The number of nitrogens with two attached hydrogens (primary N) is 1. The van der Waals surface area contributed by atoms with Crippen molar-refractivity contribution in [2.24, 2.45) is 0 Å². The maximum atomic E-state index is 14.2. The Hall–Kier alpha value is -5.37. The normalized spacial score (nSPS) is 12.5. The first-order valence-corrected chi connectivity index (χ1v) is 14.9. The van der Waals surface area contributed by atoms with Crippen molar-refractivity contribution in [3.05, 3.63) is 95.1 Å². The van der Waals surface area contributed by atoms with Crippen molar-refractivity contribution < 1.29 is 17.5 Å². The Morgan fingerprint density at radius 2 is 1.81 bits per heavy atom. The molecule has 0 aliphatic heterocycles. The number of sulfonamides is 1. The number of halogens is 1. The van der Waals surface area contributed by atoms with Crippen LogP contribution in [0.5, 0.6) is 5.88 Å². The van der Waals surface area contributed by atoms with Crippen LogP contribution < -0.4 is 20.8 Å². The number of nitrogens with one attached hydrogen (secondary N) is 1. The Bertz CT molecular complexity index is 2200. The minimum atomic E-state index is -3.66. The molecule has 0 amide bonds. The van der Waals surface area contributed by atoms with Crippen molar-refractivity contribution in [3.63, 3.8) is 0 Å². The molecule has 1 unspecified atom stereocenters. The molecular formula is C29H25FN8O4S. The van der Waals surface area contributed by atoms with Gasteiger partial charge >= 0.3 is 0 Å². The Balaban J connectivity index is 1.60. The van der Waals surface area contributed by atoms with Gasteiger partial charge in [-0.15, -0.1) is 0 Å². The van der Waals surface area contributed by atoms with Crippen LogP contribution in [-0.4, -0.2) is 50.9 Å². The highest BCUT2D eigenvalue weighted by Gasteiger charge is 2.26. The monoisotopic (exact) mass is 600 g/mol. The molecular weight excluding hydrogens is 575 g/mol. The van der Waals surface area contributed by atoms with E-state index in [4.69, 9.17) is 15.6 Å². The quantitative estimate of drug-likeness (QED) is 0.277. The van der Waals surface area contributed by atoms with Gasteiger partial charge < -0.3 is 10.5 Å². The maximum Gasteiger partial charge on any atom is 0.263 e. The summed E-state index contributed by atoms with van der Waals surface area (Å²) < 4.78 is 48.7. The Kier molecular flexibility index (Phi) is 6.77. The van der Waals surface area contributed by atoms with Gasteiger partial charge in [0.25, 0.3) is 5.56 Å². The highest BCUT2D eigenvalue weighted by atomic mass is 32.2.